The molecule has 0 aliphatic heterocycles. The number of benzene rings is 1. The molecule has 3 heteroatoms. The summed E-state index contributed by atoms with van der Waals surface area (Å²) in [7, 11) is 0. The first-order chi connectivity index (χ1) is 6.12. The molecule has 0 bridgehead atoms. The number of rotatable bonds is 2. The predicted molar refractivity (Wildman–Crippen MR) is 46.7 cm³/mol. The van der Waals surface area contributed by atoms with Gasteiger partial charge >= 0.3 is 0 Å². The van der Waals surface area contributed by atoms with Gasteiger partial charge in [-0.25, -0.2) is 8.78 Å². The Morgan fingerprint density at radius 2 is 1.77 bits per heavy atom. The molecule has 0 radical (unpaired) electrons. The Balaban J connectivity index is 2.37. The maximum absolute atomic E-state index is 13.1. The summed E-state index contributed by atoms with van der Waals surface area (Å²) >= 11 is 0. The lowest BCUT2D eigenvalue weighted by molar-refractivity contribution is 0.0896. The average molecular weight is 183 g/mol. The van der Waals surface area contributed by atoms with Gasteiger partial charge in [0, 0.05) is 13.0 Å². The van der Waals surface area contributed by atoms with Crippen LogP contribution >= 0.6 is 0 Å². The third-order valence-corrected chi connectivity index (χ3v) is 2.77. The zero-order valence-corrected chi connectivity index (χ0v) is 7.13. The van der Waals surface area contributed by atoms with Crippen molar-refractivity contribution in [2.75, 3.05) is 6.54 Å². The minimum absolute atomic E-state index is 0.0179. The lowest BCUT2D eigenvalue weighted by atomic mass is 9.96. The minimum atomic E-state index is -2.61. The van der Waals surface area contributed by atoms with E-state index in [2.05, 4.69) is 0 Å². The normalized spacial score (nSPS) is 30.1. The summed E-state index contributed by atoms with van der Waals surface area (Å²) in [6.45, 7) is 0.0179. The molecule has 0 aromatic heterocycles. The van der Waals surface area contributed by atoms with Gasteiger partial charge in [-0.2, -0.15) is 0 Å². The summed E-state index contributed by atoms with van der Waals surface area (Å²) < 4.78 is 26.1. The lowest BCUT2D eigenvalue weighted by Crippen LogP contribution is -2.26. The van der Waals surface area contributed by atoms with E-state index >= 15 is 0 Å². The molecular formula is C10H11F2N. The average Bonchev–Trinajstić information content (AvgIpc) is 2.72. The van der Waals surface area contributed by atoms with Gasteiger partial charge in [-0.1, -0.05) is 30.3 Å². The van der Waals surface area contributed by atoms with Crippen LogP contribution in [-0.4, -0.2) is 12.5 Å². The van der Waals surface area contributed by atoms with E-state index in [1.807, 2.05) is 6.07 Å². The highest BCUT2D eigenvalue weighted by Gasteiger charge is 2.70. The summed E-state index contributed by atoms with van der Waals surface area (Å²) in [4.78, 5) is 0. The highest BCUT2D eigenvalue weighted by molar-refractivity contribution is 5.38. The maximum atomic E-state index is 13.1. The Hall–Kier alpha value is -0.960. The fourth-order valence-corrected chi connectivity index (χ4v) is 1.74. The molecule has 0 spiro atoms. The molecule has 1 aliphatic carbocycles. The van der Waals surface area contributed by atoms with Gasteiger partial charge in [-0.05, 0) is 5.56 Å². The molecule has 1 nitrogen and oxygen atoms in total. The maximum Gasteiger partial charge on any atom is 0.260 e. The van der Waals surface area contributed by atoms with Crippen molar-refractivity contribution >= 4 is 0 Å². The first kappa shape index (κ1) is 8.63. The molecule has 1 aliphatic rings. The van der Waals surface area contributed by atoms with Crippen molar-refractivity contribution in [2.24, 2.45) is 5.73 Å². The fraction of sp³-hybridized carbons (Fsp3) is 0.400. The molecule has 1 saturated carbocycles. The second-order valence-electron chi connectivity index (χ2n) is 3.53. The van der Waals surface area contributed by atoms with Crippen molar-refractivity contribution in [3.05, 3.63) is 35.9 Å². The van der Waals surface area contributed by atoms with Crippen molar-refractivity contribution in [2.45, 2.75) is 17.8 Å². The molecule has 1 aromatic carbocycles. The van der Waals surface area contributed by atoms with Crippen LogP contribution in [0.1, 0.15) is 12.0 Å². The minimum Gasteiger partial charge on any atom is -0.329 e. The van der Waals surface area contributed by atoms with E-state index in [9.17, 15) is 8.78 Å². The van der Waals surface area contributed by atoms with E-state index in [0.717, 1.165) is 0 Å². The molecule has 0 heterocycles. The van der Waals surface area contributed by atoms with Gasteiger partial charge < -0.3 is 5.73 Å². The largest absolute Gasteiger partial charge is 0.329 e. The van der Waals surface area contributed by atoms with Crippen LogP contribution in [0.5, 0.6) is 0 Å². The Morgan fingerprint density at radius 3 is 2.15 bits per heavy atom. The van der Waals surface area contributed by atoms with E-state index in [0.29, 0.717) is 5.56 Å². The van der Waals surface area contributed by atoms with Crippen LogP contribution in [0.4, 0.5) is 8.78 Å². The molecule has 0 amide bonds. The summed E-state index contributed by atoms with van der Waals surface area (Å²) in [5.74, 6) is -2.61. The van der Waals surface area contributed by atoms with Gasteiger partial charge in [0.25, 0.3) is 5.92 Å². The third kappa shape index (κ3) is 1.07. The van der Waals surface area contributed by atoms with Crippen LogP contribution in [0.15, 0.2) is 30.3 Å². The first-order valence-corrected chi connectivity index (χ1v) is 4.26. The van der Waals surface area contributed by atoms with Crippen molar-refractivity contribution in [1.29, 1.82) is 0 Å². The molecule has 2 N–H and O–H groups in total. The first-order valence-electron chi connectivity index (χ1n) is 4.26. The van der Waals surface area contributed by atoms with Crippen LogP contribution in [0.3, 0.4) is 0 Å². The fourth-order valence-electron chi connectivity index (χ4n) is 1.74. The second-order valence-corrected chi connectivity index (χ2v) is 3.53. The lowest BCUT2D eigenvalue weighted by Gasteiger charge is -2.13. The quantitative estimate of drug-likeness (QED) is 0.744. The van der Waals surface area contributed by atoms with Crippen LogP contribution < -0.4 is 5.73 Å². The number of hydrogen-bond acceptors (Lipinski definition) is 1. The van der Waals surface area contributed by atoms with Crippen molar-refractivity contribution < 1.29 is 8.78 Å². The van der Waals surface area contributed by atoms with Crippen molar-refractivity contribution in [3.8, 4) is 0 Å². The van der Waals surface area contributed by atoms with Gasteiger partial charge in [0.05, 0.1) is 5.41 Å². The predicted octanol–water partition coefficient (Wildman–Crippen LogP) is 1.92. The molecule has 1 atom stereocenters. The van der Waals surface area contributed by atoms with E-state index in [1.165, 1.54) is 0 Å². The van der Waals surface area contributed by atoms with Crippen LogP contribution in [-0.2, 0) is 5.41 Å². The monoisotopic (exact) mass is 183 g/mol. The van der Waals surface area contributed by atoms with Gasteiger partial charge in [0.1, 0.15) is 0 Å². The molecule has 0 saturated heterocycles. The standard InChI is InChI=1S/C10H11F2N/c11-10(12)6-9(10,7-13)8-4-2-1-3-5-8/h1-5H,6-7,13H2/t9-/m1/s1. The molecule has 70 valence electrons. The zero-order chi connectivity index (χ0) is 9.53. The highest BCUT2D eigenvalue weighted by Crippen LogP contribution is 2.60. The second kappa shape index (κ2) is 2.51. The van der Waals surface area contributed by atoms with Crippen molar-refractivity contribution in [3.63, 3.8) is 0 Å². The summed E-state index contributed by atoms with van der Waals surface area (Å²) in [6.07, 6.45) is -0.111. The molecule has 1 fully saturated rings. The Morgan fingerprint density at radius 1 is 1.23 bits per heavy atom. The number of alkyl halides is 2. The van der Waals surface area contributed by atoms with Crippen LogP contribution in [0.2, 0.25) is 0 Å². The number of halogens is 2. The van der Waals surface area contributed by atoms with Gasteiger partial charge in [0.15, 0.2) is 0 Å². The number of hydrogen-bond donors (Lipinski definition) is 1. The van der Waals surface area contributed by atoms with E-state index in [1.54, 1.807) is 24.3 Å². The third-order valence-electron chi connectivity index (χ3n) is 2.77. The summed E-state index contributed by atoms with van der Waals surface area (Å²) in [5, 5.41) is 0. The van der Waals surface area contributed by atoms with E-state index < -0.39 is 11.3 Å². The molecule has 13 heavy (non-hydrogen) atoms. The van der Waals surface area contributed by atoms with Crippen molar-refractivity contribution in [1.82, 2.24) is 0 Å². The SMILES string of the molecule is NC[C@@]1(c2ccccc2)CC1(F)F. The Bertz CT molecular complexity index is 310. The van der Waals surface area contributed by atoms with Gasteiger partial charge in [-0.3, -0.25) is 0 Å². The van der Waals surface area contributed by atoms with Gasteiger partial charge in [-0.15, -0.1) is 0 Å². The van der Waals surface area contributed by atoms with Crippen LogP contribution in [0, 0.1) is 0 Å². The molecule has 1 aromatic rings. The Kier molecular flexibility index (Phi) is 1.67. The van der Waals surface area contributed by atoms with E-state index in [4.69, 9.17) is 5.73 Å². The smallest absolute Gasteiger partial charge is 0.260 e. The highest BCUT2D eigenvalue weighted by atomic mass is 19.3. The topological polar surface area (TPSA) is 26.0 Å². The van der Waals surface area contributed by atoms with E-state index in [-0.39, 0.29) is 13.0 Å². The van der Waals surface area contributed by atoms with Gasteiger partial charge in [0.2, 0.25) is 0 Å². The molecular weight excluding hydrogens is 172 g/mol. The summed E-state index contributed by atoms with van der Waals surface area (Å²) in [5.41, 5.74) is 4.98. The molecule has 2 rings (SSSR count). The zero-order valence-electron chi connectivity index (χ0n) is 7.13. The number of nitrogens with two attached hydrogens (primary N) is 1. The van der Waals surface area contributed by atoms with Crippen LogP contribution in [0.25, 0.3) is 0 Å². The Labute approximate surface area is 75.6 Å². The summed E-state index contributed by atoms with van der Waals surface area (Å²) in [6, 6.07) is 8.78. The molecule has 0 unspecified atom stereocenters.